The Morgan fingerprint density at radius 1 is 1.57 bits per heavy atom. The van der Waals surface area contributed by atoms with Gasteiger partial charge in [0.1, 0.15) is 11.4 Å². The minimum absolute atomic E-state index is 0.213. The van der Waals surface area contributed by atoms with Crippen LogP contribution in [-0.4, -0.2) is 6.10 Å². The van der Waals surface area contributed by atoms with Gasteiger partial charge in [0.05, 0.1) is 6.07 Å². The number of nitrogens with zero attached hydrogens (tertiary/aromatic N) is 1. The first-order valence-corrected chi connectivity index (χ1v) is 4.62. The van der Waals surface area contributed by atoms with Gasteiger partial charge in [-0.3, -0.25) is 0 Å². The van der Waals surface area contributed by atoms with Gasteiger partial charge in [-0.2, -0.15) is 5.26 Å². The lowest BCUT2D eigenvalue weighted by molar-refractivity contribution is 0.302. The van der Waals surface area contributed by atoms with E-state index in [9.17, 15) is 4.39 Å². The summed E-state index contributed by atoms with van der Waals surface area (Å²) in [4.78, 5) is 0. The number of benzene rings is 1. The van der Waals surface area contributed by atoms with E-state index in [1.807, 2.05) is 0 Å². The van der Waals surface area contributed by atoms with Crippen molar-refractivity contribution in [2.75, 3.05) is 0 Å². The molecule has 0 saturated carbocycles. The van der Waals surface area contributed by atoms with Crippen molar-refractivity contribution in [2.24, 2.45) is 0 Å². The van der Waals surface area contributed by atoms with Crippen LogP contribution in [0.3, 0.4) is 0 Å². The van der Waals surface area contributed by atoms with Gasteiger partial charge in [0.15, 0.2) is 6.10 Å². The molecule has 1 saturated heterocycles. The van der Waals surface area contributed by atoms with Crippen molar-refractivity contribution in [3.05, 3.63) is 35.1 Å². The Morgan fingerprint density at radius 2 is 2.43 bits per heavy atom. The Kier molecular flexibility index (Phi) is 1.33. The number of nitriles is 1. The molecular formula is C11H8FNO. The molecule has 14 heavy (non-hydrogen) atoms. The molecule has 1 aliphatic heterocycles. The number of ether oxygens (including phenoxy) is 1. The molecule has 1 spiro atoms. The summed E-state index contributed by atoms with van der Waals surface area (Å²) in [7, 11) is 0. The third kappa shape index (κ3) is 0.816. The quantitative estimate of drug-likeness (QED) is 0.584. The van der Waals surface area contributed by atoms with Crippen molar-refractivity contribution in [1.29, 1.82) is 5.26 Å². The summed E-state index contributed by atoms with van der Waals surface area (Å²) < 4.78 is 18.3. The fourth-order valence-corrected chi connectivity index (χ4v) is 2.34. The van der Waals surface area contributed by atoms with Gasteiger partial charge in [0.25, 0.3) is 0 Å². The highest BCUT2D eigenvalue weighted by Crippen LogP contribution is 2.54. The number of halogens is 1. The van der Waals surface area contributed by atoms with E-state index < -0.39 is 5.60 Å². The molecule has 2 atom stereocenters. The van der Waals surface area contributed by atoms with Crippen LogP contribution in [0.2, 0.25) is 0 Å². The van der Waals surface area contributed by atoms with E-state index in [4.69, 9.17) is 10.00 Å². The van der Waals surface area contributed by atoms with Crippen molar-refractivity contribution >= 4 is 0 Å². The van der Waals surface area contributed by atoms with Gasteiger partial charge >= 0.3 is 0 Å². The van der Waals surface area contributed by atoms with E-state index >= 15 is 0 Å². The van der Waals surface area contributed by atoms with E-state index in [0.717, 1.165) is 24.0 Å². The highest BCUT2D eigenvalue weighted by molar-refractivity contribution is 5.44. The summed E-state index contributed by atoms with van der Waals surface area (Å²) in [5.41, 5.74) is 1.60. The Balaban J connectivity index is 2.09. The third-order valence-electron chi connectivity index (χ3n) is 3.10. The smallest absolute Gasteiger partial charge is 0.178 e. The van der Waals surface area contributed by atoms with Gasteiger partial charge in [0.2, 0.25) is 0 Å². The summed E-state index contributed by atoms with van der Waals surface area (Å²) in [6, 6.07) is 6.83. The molecular weight excluding hydrogens is 181 g/mol. The predicted octanol–water partition coefficient (Wildman–Crippen LogP) is 1.89. The standard InChI is InChI=1S/C11H8FNO/c12-8-1-2-9-7(5-8)3-4-11(9)10(6-13)14-11/h1-2,5,10H,3-4H2. The second kappa shape index (κ2) is 2.34. The zero-order valence-electron chi connectivity index (χ0n) is 7.46. The molecule has 1 aliphatic carbocycles. The van der Waals surface area contributed by atoms with Gasteiger partial charge in [-0.1, -0.05) is 6.07 Å². The molecule has 2 unspecified atom stereocenters. The lowest BCUT2D eigenvalue weighted by Crippen LogP contribution is -2.06. The van der Waals surface area contributed by atoms with Crippen LogP contribution >= 0.6 is 0 Å². The molecule has 1 aromatic rings. The fraction of sp³-hybridized carbons (Fsp3) is 0.364. The summed E-state index contributed by atoms with van der Waals surface area (Å²) in [6.07, 6.45) is 1.30. The van der Waals surface area contributed by atoms with Gasteiger partial charge in [-0.25, -0.2) is 4.39 Å². The van der Waals surface area contributed by atoms with Crippen molar-refractivity contribution in [2.45, 2.75) is 24.5 Å². The average molecular weight is 189 g/mol. The van der Waals surface area contributed by atoms with Gasteiger partial charge < -0.3 is 4.74 Å². The Morgan fingerprint density at radius 3 is 3.14 bits per heavy atom. The van der Waals surface area contributed by atoms with E-state index in [2.05, 4.69) is 6.07 Å². The fourth-order valence-electron chi connectivity index (χ4n) is 2.34. The van der Waals surface area contributed by atoms with E-state index in [0.29, 0.717) is 0 Å². The number of fused-ring (bicyclic) bond motifs is 2. The molecule has 2 nitrogen and oxygen atoms in total. The second-order valence-electron chi connectivity index (χ2n) is 3.82. The number of epoxide rings is 1. The lowest BCUT2D eigenvalue weighted by atomic mass is 9.98. The second-order valence-corrected chi connectivity index (χ2v) is 3.82. The first-order valence-electron chi connectivity index (χ1n) is 4.62. The van der Waals surface area contributed by atoms with Gasteiger partial charge in [-0.15, -0.1) is 0 Å². The molecule has 2 aliphatic rings. The minimum Gasteiger partial charge on any atom is -0.345 e. The average Bonchev–Trinajstić information content (AvgIpc) is 2.78. The maximum Gasteiger partial charge on any atom is 0.178 e. The molecule has 0 radical (unpaired) electrons. The van der Waals surface area contributed by atoms with E-state index in [-0.39, 0.29) is 11.9 Å². The zero-order chi connectivity index (χ0) is 9.76. The van der Waals surface area contributed by atoms with Crippen LogP contribution in [0.5, 0.6) is 0 Å². The monoisotopic (exact) mass is 189 g/mol. The van der Waals surface area contributed by atoms with Gasteiger partial charge in [0, 0.05) is 0 Å². The Bertz CT molecular complexity index is 451. The number of rotatable bonds is 0. The SMILES string of the molecule is N#CC1OC12CCc1cc(F)ccc12. The Labute approximate surface area is 80.9 Å². The molecule has 1 heterocycles. The van der Waals surface area contributed by atoms with Crippen LogP contribution in [-0.2, 0) is 16.8 Å². The number of hydrogen-bond acceptors (Lipinski definition) is 2. The van der Waals surface area contributed by atoms with Crippen molar-refractivity contribution < 1.29 is 9.13 Å². The summed E-state index contributed by atoms with van der Waals surface area (Å²) in [5, 5.41) is 8.76. The molecule has 3 heteroatoms. The highest BCUT2D eigenvalue weighted by Gasteiger charge is 2.61. The Hall–Kier alpha value is -1.40. The third-order valence-corrected chi connectivity index (χ3v) is 3.10. The van der Waals surface area contributed by atoms with Gasteiger partial charge in [-0.05, 0) is 36.1 Å². The molecule has 0 aromatic heterocycles. The van der Waals surface area contributed by atoms with Crippen LogP contribution in [0.25, 0.3) is 0 Å². The summed E-state index contributed by atoms with van der Waals surface area (Å²) >= 11 is 0. The number of aryl methyl sites for hydroxylation is 1. The van der Waals surface area contributed by atoms with Crippen LogP contribution < -0.4 is 0 Å². The van der Waals surface area contributed by atoms with Crippen molar-refractivity contribution in [1.82, 2.24) is 0 Å². The molecule has 1 fully saturated rings. The molecule has 70 valence electrons. The predicted molar refractivity (Wildman–Crippen MR) is 46.9 cm³/mol. The largest absolute Gasteiger partial charge is 0.345 e. The first-order chi connectivity index (χ1) is 6.76. The molecule has 1 aromatic carbocycles. The topological polar surface area (TPSA) is 36.3 Å². The minimum atomic E-state index is -0.391. The summed E-state index contributed by atoms with van der Waals surface area (Å²) in [6.45, 7) is 0. The van der Waals surface area contributed by atoms with Crippen molar-refractivity contribution in [3.8, 4) is 6.07 Å². The van der Waals surface area contributed by atoms with E-state index in [1.165, 1.54) is 6.07 Å². The maximum absolute atomic E-state index is 12.9. The first kappa shape index (κ1) is 7.95. The van der Waals surface area contributed by atoms with Crippen LogP contribution in [0.1, 0.15) is 17.5 Å². The molecule has 3 rings (SSSR count). The van der Waals surface area contributed by atoms with Crippen LogP contribution in [0.4, 0.5) is 4.39 Å². The summed E-state index contributed by atoms with van der Waals surface area (Å²) in [5.74, 6) is -0.213. The normalized spacial score (nSPS) is 32.7. The van der Waals surface area contributed by atoms with Crippen LogP contribution in [0.15, 0.2) is 18.2 Å². The molecule has 0 bridgehead atoms. The maximum atomic E-state index is 12.9. The molecule has 0 amide bonds. The highest BCUT2D eigenvalue weighted by atomic mass is 19.1. The van der Waals surface area contributed by atoms with E-state index in [1.54, 1.807) is 12.1 Å². The van der Waals surface area contributed by atoms with Crippen molar-refractivity contribution in [3.63, 3.8) is 0 Å². The number of hydrogen-bond donors (Lipinski definition) is 0. The zero-order valence-corrected chi connectivity index (χ0v) is 7.46. The molecule has 0 N–H and O–H groups in total. The lowest BCUT2D eigenvalue weighted by Gasteiger charge is -2.03. The van der Waals surface area contributed by atoms with Crippen LogP contribution in [0, 0.1) is 17.1 Å².